The van der Waals surface area contributed by atoms with Gasteiger partial charge in [-0.15, -0.1) is 0 Å². The molecule has 0 spiro atoms. The van der Waals surface area contributed by atoms with Crippen LogP contribution in [0.15, 0.2) is 76.2 Å². The molecule has 1 aromatic heterocycles. The molecule has 1 atom stereocenters. The molecule has 0 bridgehead atoms. The second-order valence-corrected chi connectivity index (χ2v) is 8.40. The number of nitrogens with one attached hydrogen (secondary N) is 2. The summed E-state index contributed by atoms with van der Waals surface area (Å²) in [5.74, 6) is 1.45. The summed E-state index contributed by atoms with van der Waals surface area (Å²) in [5, 5.41) is 2.74. The number of hydrogen-bond acceptors (Lipinski definition) is 6. The predicted molar refractivity (Wildman–Crippen MR) is 114 cm³/mol. The fourth-order valence-electron chi connectivity index (χ4n) is 2.93. The van der Waals surface area contributed by atoms with Crippen LogP contribution < -0.4 is 19.5 Å². The van der Waals surface area contributed by atoms with E-state index >= 15 is 0 Å². The molecule has 9 heteroatoms. The summed E-state index contributed by atoms with van der Waals surface area (Å²) in [6.07, 6.45) is 1.42. The average molecular weight is 445 g/mol. The Morgan fingerprint density at radius 3 is 2.13 bits per heavy atom. The minimum atomic E-state index is -3.89. The molecule has 1 amide bonds. The summed E-state index contributed by atoms with van der Waals surface area (Å²) in [5.41, 5.74) is 0.631. The first-order valence-corrected chi connectivity index (χ1v) is 11.0. The SMILES string of the molecule is COc1ccc(C(CC(=O)NCc2ccco2)NS(=O)(=O)c2ccc(OC)cc2)cc1. The normalized spacial score (nSPS) is 12.2. The van der Waals surface area contributed by atoms with Crippen LogP contribution in [0.5, 0.6) is 11.5 Å². The zero-order valence-corrected chi connectivity index (χ0v) is 18.0. The summed E-state index contributed by atoms with van der Waals surface area (Å²) in [7, 11) is -0.842. The lowest BCUT2D eigenvalue weighted by molar-refractivity contribution is -0.121. The number of amides is 1. The van der Waals surface area contributed by atoms with Gasteiger partial charge in [-0.3, -0.25) is 4.79 Å². The number of furan rings is 1. The Bertz CT molecular complexity index is 1080. The van der Waals surface area contributed by atoms with Crippen LogP contribution in [0.2, 0.25) is 0 Å². The van der Waals surface area contributed by atoms with E-state index in [0.717, 1.165) is 0 Å². The van der Waals surface area contributed by atoms with Crippen LogP contribution in [-0.4, -0.2) is 28.5 Å². The lowest BCUT2D eigenvalue weighted by Gasteiger charge is -2.19. The molecule has 2 aromatic carbocycles. The Morgan fingerprint density at radius 1 is 0.968 bits per heavy atom. The van der Waals surface area contributed by atoms with Gasteiger partial charge in [-0.05, 0) is 54.1 Å². The van der Waals surface area contributed by atoms with E-state index < -0.39 is 16.1 Å². The third-order valence-corrected chi connectivity index (χ3v) is 6.10. The summed E-state index contributed by atoms with van der Waals surface area (Å²) < 4.78 is 44.0. The van der Waals surface area contributed by atoms with Gasteiger partial charge in [-0.25, -0.2) is 13.1 Å². The smallest absolute Gasteiger partial charge is 0.241 e. The molecule has 3 rings (SSSR count). The van der Waals surface area contributed by atoms with Crippen molar-refractivity contribution in [1.29, 1.82) is 0 Å². The highest BCUT2D eigenvalue weighted by Gasteiger charge is 2.24. The monoisotopic (exact) mass is 444 g/mol. The topological polar surface area (TPSA) is 107 Å². The maximum Gasteiger partial charge on any atom is 0.241 e. The third-order valence-electron chi connectivity index (χ3n) is 4.61. The first kappa shape index (κ1) is 22.4. The quantitative estimate of drug-likeness (QED) is 0.498. The maximum atomic E-state index is 12.9. The van der Waals surface area contributed by atoms with Crippen LogP contribution in [0.3, 0.4) is 0 Å². The number of sulfonamides is 1. The molecule has 164 valence electrons. The fraction of sp³-hybridized carbons (Fsp3) is 0.227. The van der Waals surface area contributed by atoms with Gasteiger partial charge in [0.1, 0.15) is 17.3 Å². The number of benzene rings is 2. The van der Waals surface area contributed by atoms with Crippen molar-refractivity contribution in [3.05, 3.63) is 78.3 Å². The van der Waals surface area contributed by atoms with E-state index in [1.807, 2.05) is 0 Å². The van der Waals surface area contributed by atoms with Gasteiger partial charge in [0, 0.05) is 6.42 Å². The Labute approximate surface area is 181 Å². The summed E-state index contributed by atoms with van der Waals surface area (Å²) in [6.45, 7) is 0.215. The summed E-state index contributed by atoms with van der Waals surface area (Å²) in [6, 6.07) is 15.6. The van der Waals surface area contributed by atoms with E-state index in [-0.39, 0.29) is 23.8 Å². The van der Waals surface area contributed by atoms with Crippen LogP contribution in [-0.2, 0) is 21.4 Å². The van der Waals surface area contributed by atoms with E-state index in [4.69, 9.17) is 13.9 Å². The molecule has 0 fully saturated rings. The van der Waals surface area contributed by atoms with Crippen LogP contribution in [0.1, 0.15) is 23.8 Å². The summed E-state index contributed by atoms with van der Waals surface area (Å²) >= 11 is 0. The third kappa shape index (κ3) is 6.09. The Kier molecular flexibility index (Phi) is 7.32. The molecule has 2 N–H and O–H groups in total. The Balaban J connectivity index is 1.79. The second kappa shape index (κ2) is 10.1. The molecule has 0 saturated heterocycles. The van der Waals surface area contributed by atoms with E-state index in [1.165, 1.54) is 25.5 Å². The first-order chi connectivity index (χ1) is 14.9. The zero-order valence-electron chi connectivity index (χ0n) is 17.2. The van der Waals surface area contributed by atoms with Gasteiger partial charge in [0.2, 0.25) is 15.9 Å². The van der Waals surface area contributed by atoms with Gasteiger partial charge in [-0.1, -0.05) is 12.1 Å². The molecule has 1 unspecified atom stereocenters. The fourth-order valence-corrected chi connectivity index (χ4v) is 4.15. The van der Waals surface area contributed by atoms with Crippen LogP contribution in [0, 0.1) is 0 Å². The Morgan fingerprint density at radius 2 is 1.58 bits per heavy atom. The lowest BCUT2D eigenvalue weighted by Crippen LogP contribution is -2.33. The minimum absolute atomic E-state index is 0.0720. The second-order valence-electron chi connectivity index (χ2n) is 6.68. The average Bonchev–Trinajstić information content (AvgIpc) is 3.31. The van der Waals surface area contributed by atoms with E-state index in [9.17, 15) is 13.2 Å². The van der Waals surface area contributed by atoms with E-state index in [1.54, 1.807) is 55.6 Å². The number of hydrogen-bond donors (Lipinski definition) is 2. The molecule has 3 aromatic rings. The number of carbonyl (C=O) groups excluding carboxylic acids is 1. The largest absolute Gasteiger partial charge is 0.497 e. The predicted octanol–water partition coefficient (Wildman–Crippen LogP) is 3.02. The number of rotatable bonds is 10. The van der Waals surface area contributed by atoms with Crippen molar-refractivity contribution in [2.24, 2.45) is 0 Å². The standard InChI is InChI=1S/C22H24N2O6S/c1-28-17-7-5-16(6-8-17)21(14-22(25)23-15-19-4-3-13-30-19)24-31(26,27)20-11-9-18(29-2)10-12-20/h3-13,21,24H,14-15H2,1-2H3,(H,23,25). The lowest BCUT2D eigenvalue weighted by atomic mass is 10.0. The molecule has 0 radical (unpaired) electrons. The molecule has 1 heterocycles. The van der Waals surface area contributed by atoms with Gasteiger partial charge in [-0.2, -0.15) is 0 Å². The van der Waals surface area contributed by atoms with Gasteiger partial charge in [0.25, 0.3) is 0 Å². The van der Waals surface area contributed by atoms with Crippen molar-refractivity contribution in [1.82, 2.24) is 10.0 Å². The highest BCUT2D eigenvalue weighted by atomic mass is 32.2. The van der Waals surface area contributed by atoms with Gasteiger partial charge < -0.3 is 19.2 Å². The van der Waals surface area contributed by atoms with Crippen LogP contribution >= 0.6 is 0 Å². The van der Waals surface area contributed by atoms with Crippen LogP contribution in [0.25, 0.3) is 0 Å². The molecule has 8 nitrogen and oxygen atoms in total. The van der Waals surface area contributed by atoms with Crippen molar-refractivity contribution in [3.8, 4) is 11.5 Å². The highest BCUT2D eigenvalue weighted by molar-refractivity contribution is 7.89. The molecular weight excluding hydrogens is 420 g/mol. The molecular formula is C22H24N2O6S. The minimum Gasteiger partial charge on any atom is -0.497 e. The van der Waals surface area contributed by atoms with Crippen molar-refractivity contribution in [3.63, 3.8) is 0 Å². The molecule has 0 aliphatic carbocycles. The van der Waals surface area contributed by atoms with E-state index in [2.05, 4.69) is 10.0 Å². The number of methoxy groups -OCH3 is 2. The summed E-state index contributed by atoms with van der Waals surface area (Å²) in [4.78, 5) is 12.6. The molecule has 31 heavy (non-hydrogen) atoms. The molecule has 0 aliphatic rings. The van der Waals surface area contributed by atoms with Gasteiger partial charge in [0.05, 0.1) is 38.0 Å². The van der Waals surface area contributed by atoms with Crippen molar-refractivity contribution in [2.75, 3.05) is 14.2 Å². The zero-order chi connectivity index (χ0) is 22.3. The molecule has 0 saturated carbocycles. The first-order valence-electron chi connectivity index (χ1n) is 9.50. The maximum absolute atomic E-state index is 12.9. The van der Waals surface area contributed by atoms with Crippen molar-refractivity contribution >= 4 is 15.9 Å². The van der Waals surface area contributed by atoms with Crippen LogP contribution in [0.4, 0.5) is 0 Å². The Hall–Kier alpha value is -3.30. The van der Waals surface area contributed by atoms with Crippen molar-refractivity contribution < 1.29 is 27.1 Å². The van der Waals surface area contributed by atoms with Crippen molar-refractivity contribution in [2.45, 2.75) is 23.9 Å². The number of ether oxygens (including phenoxy) is 2. The number of carbonyl (C=O) groups is 1. The van der Waals surface area contributed by atoms with Gasteiger partial charge >= 0.3 is 0 Å². The van der Waals surface area contributed by atoms with Gasteiger partial charge in [0.15, 0.2) is 0 Å². The highest BCUT2D eigenvalue weighted by Crippen LogP contribution is 2.24. The molecule has 0 aliphatic heterocycles. The van der Waals surface area contributed by atoms with E-state index in [0.29, 0.717) is 22.8 Å².